The van der Waals surface area contributed by atoms with Crippen LogP contribution in [0.4, 0.5) is 5.95 Å². The molecule has 3 atom stereocenters. The second-order valence-electron chi connectivity index (χ2n) is 4.23. The fourth-order valence-corrected chi connectivity index (χ4v) is 2.09. The van der Waals surface area contributed by atoms with Crippen LogP contribution in [0.1, 0.15) is 14.0 Å². The van der Waals surface area contributed by atoms with Gasteiger partial charge in [0.25, 0.3) is 5.56 Å². The van der Waals surface area contributed by atoms with Crippen molar-refractivity contribution in [2.24, 2.45) is 0 Å². The number of nitrogens with two attached hydrogens (primary N) is 1. The van der Waals surface area contributed by atoms with Crippen LogP contribution in [0.5, 0.6) is 0 Å². The lowest BCUT2D eigenvalue weighted by atomic mass is 10.2. The van der Waals surface area contributed by atoms with Gasteiger partial charge in [0, 0.05) is 6.42 Å². The van der Waals surface area contributed by atoms with Gasteiger partial charge in [0.05, 0.1) is 20.4 Å². The van der Waals surface area contributed by atoms with E-state index in [1.165, 1.54) is 10.9 Å². The van der Waals surface area contributed by atoms with Crippen LogP contribution in [0.15, 0.2) is 11.1 Å². The molecule has 3 heterocycles. The van der Waals surface area contributed by atoms with E-state index in [4.69, 9.17) is 16.9 Å². The van der Waals surface area contributed by atoms with Crippen LogP contribution in [-0.2, 0) is 4.74 Å². The lowest BCUT2D eigenvalue weighted by molar-refractivity contribution is -0.0432. The number of aromatic nitrogens is 4. The zero-order valence-corrected chi connectivity index (χ0v) is 10.3. The van der Waals surface area contributed by atoms with Crippen molar-refractivity contribution in [2.75, 3.05) is 12.3 Å². The van der Waals surface area contributed by atoms with E-state index < -0.39 is 30.6 Å². The Morgan fingerprint density at radius 2 is 2.45 bits per heavy atom. The first kappa shape index (κ1) is 13.0. The molecule has 1 aliphatic heterocycles. The number of aliphatic hydroxyl groups is 2. The largest absolute Gasteiger partial charge is 0.412 e. The number of aromatic amines is 1. The molecule has 1 aliphatic rings. The Morgan fingerprint density at radius 1 is 1.70 bits per heavy atom. The van der Waals surface area contributed by atoms with Gasteiger partial charge in [0.15, 0.2) is 11.2 Å². The highest BCUT2D eigenvalue weighted by molar-refractivity contribution is 5.70. The Morgan fingerprint density at radius 3 is 3.10 bits per heavy atom. The fourth-order valence-electron chi connectivity index (χ4n) is 2.09. The van der Waals surface area contributed by atoms with Crippen LogP contribution in [0.3, 0.4) is 0 Å². The Balaban J connectivity index is 0.00000161. The second-order valence-corrected chi connectivity index (χ2v) is 4.23. The van der Waals surface area contributed by atoms with Gasteiger partial charge in [-0.05, 0) is 0 Å². The minimum Gasteiger partial charge on any atom is -0.412 e. The monoisotopic (exact) mass is 286 g/mol. The molecule has 0 saturated carbocycles. The van der Waals surface area contributed by atoms with Gasteiger partial charge in [-0.15, -0.1) is 0 Å². The number of fused-ring (bicyclic) bond motifs is 1. The van der Waals surface area contributed by atoms with E-state index >= 15 is 0 Å². The first-order valence-electron chi connectivity index (χ1n) is 6.13. The molecule has 7 N–H and O–H groups in total. The zero-order valence-electron chi connectivity index (χ0n) is 11.3. The van der Waals surface area contributed by atoms with Crippen molar-refractivity contribution in [3.05, 3.63) is 16.7 Å². The highest BCUT2D eigenvalue weighted by Crippen LogP contribution is 2.30. The maximum atomic E-state index is 11.7. The van der Waals surface area contributed by atoms with Gasteiger partial charge in [0.1, 0.15) is 12.3 Å². The average Bonchev–Trinajstić information content (AvgIpc) is 2.89. The number of aliphatic hydroxyl groups excluding tert-OH is 1. The van der Waals surface area contributed by atoms with E-state index in [1.807, 2.05) is 0 Å². The number of anilines is 1. The maximum Gasteiger partial charge on any atom is 0.280 e. The highest BCUT2D eigenvalue weighted by atomic mass is 16.5. The molecule has 0 aromatic carbocycles. The Hall–Kier alpha value is -2.01. The lowest BCUT2D eigenvalue weighted by Crippen LogP contribution is -2.24. The molecular weight excluding hydrogens is 270 g/mol. The van der Waals surface area contributed by atoms with E-state index in [2.05, 4.69) is 15.0 Å². The Kier molecular flexibility index (Phi) is 3.36. The summed E-state index contributed by atoms with van der Waals surface area (Å²) >= 11 is 0. The standard InChI is InChI=1S/C10H13N5O4.H2O/c11-10-13-8-7(9(18)14-10)12-3-15(8)6-1-4(17)5(2-16)19-6;/h3-6,16-17H,1-2H2,(H3,11,13,14,18);1H2/t4-,5+,6+;/m0./s1/i4D;. The molecule has 10 heteroatoms. The van der Waals surface area contributed by atoms with Crippen molar-refractivity contribution >= 4 is 17.1 Å². The van der Waals surface area contributed by atoms with Crippen molar-refractivity contribution < 1.29 is 21.8 Å². The quantitative estimate of drug-likeness (QED) is 0.473. The van der Waals surface area contributed by atoms with E-state index in [1.54, 1.807) is 0 Å². The number of imidazole rings is 1. The number of nitrogen functional groups attached to an aromatic ring is 1. The summed E-state index contributed by atoms with van der Waals surface area (Å²) in [6.45, 7) is -0.487. The topological polar surface area (TPSA) is 171 Å². The van der Waals surface area contributed by atoms with Crippen LogP contribution in [0, 0.1) is 0 Å². The van der Waals surface area contributed by atoms with E-state index in [0.29, 0.717) is 0 Å². The molecule has 0 aliphatic carbocycles. The molecule has 1 fully saturated rings. The van der Waals surface area contributed by atoms with Gasteiger partial charge in [-0.1, -0.05) is 0 Å². The highest BCUT2D eigenvalue weighted by Gasteiger charge is 2.35. The fraction of sp³-hybridized carbons (Fsp3) is 0.500. The number of nitrogens with one attached hydrogen (secondary N) is 1. The minimum atomic E-state index is -1.91. The molecule has 0 unspecified atom stereocenters. The van der Waals surface area contributed by atoms with E-state index in [0.717, 1.165) is 0 Å². The molecule has 0 bridgehead atoms. The molecule has 0 amide bonds. The Labute approximate surface area is 113 Å². The normalized spacial score (nSPS) is 30.2. The third kappa shape index (κ3) is 2.14. The smallest absolute Gasteiger partial charge is 0.280 e. The van der Waals surface area contributed by atoms with Gasteiger partial charge in [-0.3, -0.25) is 14.3 Å². The molecule has 3 rings (SSSR count). The summed E-state index contributed by atoms with van der Waals surface area (Å²) in [7, 11) is 0. The summed E-state index contributed by atoms with van der Waals surface area (Å²) in [4.78, 5) is 21.9. The van der Waals surface area contributed by atoms with Crippen molar-refractivity contribution in [3.63, 3.8) is 0 Å². The van der Waals surface area contributed by atoms with Crippen LogP contribution in [0.2, 0.25) is 0 Å². The summed E-state index contributed by atoms with van der Waals surface area (Å²) in [6, 6.07) is 0. The lowest BCUT2D eigenvalue weighted by Gasteiger charge is -2.13. The van der Waals surface area contributed by atoms with Gasteiger partial charge < -0.3 is 26.2 Å². The van der Waals surface area contributed by atoms with Crippen LogP contribution < -0.4 is 11.3 Å². The average molecular weight is 286 g/mol. The molecule has 0 spiro atoms. The molecule has 2 aromatic heterocycles. The van der Waals surface area contributed by atoms with Crippen molar-refractivity contribution in [2.45, 2.75) is 24.8 Å². The van der Waals surface area contributed by atoms with Crippen LogP contribution in [-0.4, -0.2) is 54.0 Å². The van der Waals surface area contributed by atoms with Gasteiger partial charge in [0.2, 0.25) is 5.95 Å². The van der Waals surface area contributed by atoms with E-state index in [9.17, 15) is 9.90 Å². The second kappa shape index (κ2) is 5.17. The molecule has 2 aromatic rings. The SMILES string of the molecule is O.[2H][C@]1(O)C[C@H](n2cnc3c(=O)[nH]c(N)nc32)O[C@@H]1CO. The third-order valence-electron chi connectivity index (χ3n) is 3.00. The van der Waals surface area contributed by atoms with Crippen LogP contribution >= 0.6 is 0 Å². The summed E-state index contributed by atoms with van der Waals surface area (Å²) in [5, 5.41) is 18.9. The van der Waals surface area contributed by atoms with Crippen molar-refractivity contribution in [3.8, 4) is 0 Å². The molecule has 0 radical (unpaired) electrons. The van der Waals surface area contributed by atoms with Gasteiger partial charge in [-0.2, -0.15) is 4.98 Å². The predicted octanol–water partition coefficient (Wildman–Crippen LogP) is -2.48. The molecule has 110 valence electrons. The summed E-state index contributed by atoms with van der Waals surface area (Å²) in [6.07, 6.45) is -2.47. The van der Waals surface area contributed by atoms with Gasteiger partial charge >= 0.3 is 0 Å². The first-order valence-corrected chi connectivity index (χ1v) is 5.63. The van der Waals surface area contributed by atoms with Crippen molar-refractivity contribution in [1.29, 1.82) is 0 Å². The summed E-state index contributed by atoms with van der Waals surface area (Å²) in [5.41, 5.74) is 5.29. The zero-order chi connectivity index (χ0) is 14.5. The van der Waals surface area contributed by atoms with Crippen LogP contribution in [0.25, 0.3) is 11.2 Å². The minimum absolute atomic E-state index is 0. The number of ether oxygens (including phenoxy) is 1. The number of hydrogen-bond acceptors (Lipinski definition) is 7. The Bertz CT molecular complexity index is 713. The molecular formula is C10H15N5O5. The predicted molar refractivity (Wildman–Crippen MR) is 67.8 cm³/mol. The van der Waals surface area contributed by atoms with Crippen molar-refractivity contribution in [1.82, 2.24) is 19.5 Å². The first-order chi connectivity index (χ1) is 9.42. The number of nitrogens with zero attached hydrogens (tertiary/aromatic N) is 3. The number of rotatable bonds is 2. The van der Waals surface area contributed by atoms with Gasteiger partial charge in [-0.25, -0.2) is 4.98 Å². The molecule has 1 saturated heterocycles. The van der Waals surface area contributed by atoms with E-state index in [-0.39, 0.29) is 29.0 Å². The molecule has 20 heavy (non-hydrogen) atoms. The number of H-pyrrole nitrogens is 1. The molecule has 10 nitrogen and oxygen atoms in total. The maximum absolute atomic E-state index is 11.7. The number of hydrogen-bond donors (Lipinski definition) is 4. The summed E-state index contributed by atoms with van der Waals surface area (Å²) < 4.78 is 14.5. The summed E-state index contributed by atoms with van der Waals surface area (Å²) in [5.74, 6) is -0.0675. The third-order valence-corrected chi connectivity index (χ3v) is 3.00.